The summed E-state index contributed by atoms with van der Waals surface area (Å²) in [6, 6.07) is 5.27. The van der Waals surface area contributed by atoms with Gasteiger partial charge in [0, 0.05) is 5.02 Å². The smallest absolute Gasteiger partial charge is 0.423 e. The summed E-state index contributed by atoms with van der Waals surface area (Å²) in [7, 11) is -0.644. The number of hydrogen-bond donors (Lipinski definition) is 2. The second-order valence-electron chi connectivity index (χ2n) is 4.91. The van der Waals surface area contributed by atoms with Gasteiger partial charge in [-0.25, -0.2) is 0 Å². The van der Waals surface area contributed by atoms with Crippen LogP contribution < -0.4 is 10.9 Å². The van der Waals surface area contributed by atoms with E-state index >= 15 is 0 Å². The Hall–Kier alpha value is -0.440. The van der Waals surface area contributed by atoms with Gasteiger partial charge in [0.05, 0.1) is 0 Å². The van der Waals surface area contributed by atoms with Crippen molar-refractivity contribution in [3.05, 3.63) is 23.2 Å². The molecule has 0 bridgehead atoms. The molecular formula is C11H17B2ClO2. The molecule has 0 unspecified atom stereocenters. The molecule has 0 amide bonds. The molecule has 1 rings (SSSR count). The van der Waals surface area contributed by atoms with Crippen molar-refractivity contribution in [2.45, 2.75) is 32.5 Å². The van der Waals surface area contributed by atoms with E-state index in [1.54, 1.807) is 12.1 Å². The van der Waals surface area contributed by atoms with E-state index in [1.807, 2.05) is 6.07 Å². The first-order valence-electron chi connectivity index (χ1n) is 5.50. The van der Waals surface area contributed by atoms with Crippen molar-refractivity contribution in [3.8, 4) is 0 Å². The maximum atomic E-state index is 9.30. The summed E-state index contributed by atoms with van der Waals surface area (Å²) >= 11 is 5.84. The molecule has 0 spiro atoms. The number of halogens is 1. The molecule has 0 radical (unpaired) electrons. The molecule has 2 nitrogen and oxygen atoms in total. The van der Waals surface area contributed by atoms with E-state index in [4.69, 9.17) is 11.6 Å². The highest BCUT2D eigenvalue weighted by molar-refractivity contribution is 6.70. The van der Waals surface area contributed by atoms with Crippen LogP contribution in [0, 0.1) is 0 Å². The van der Waals surface area contributed by atoms with E-state index in [1.165, 1.54) is 0 Å². The molecule has 0 aliphatic rings. The lowest BCUT2D eigenvalue weighted by Gasteiger charge is -2.22. The number of benzene rings is 1. The Morgan fingerprint density at radius 3 is 2.50 bits per heavy atom. The first kappa shape index (κ1) is 13.6. The van der Waals surface area contributed by atoms with E-state index in [0.29, 0.717) is 10.5 Å². The molecule has 0 atom stereocenters. The molecule has 0 heterocycles. The largest absolute Gasteiger partial charge is 0.487 e. The fourth-order valence-corrected chi connectivity index (χ4v) is 1.79. The van der Waals surface area contributed by atoms with E-state index < -0.39 is 7.12 Å². The van der Waals surface area contributed by atoms with Crippen molar-refractivity contribution in [1.29, 1.82) is 0 Å². The maximum Gasteiger partial charge on any atom is 0.487 e. The Kier molecular flexibility index (Phi) is 4.48. The van der Waals surface area contributed by atoms with Crippen molar-refractivity contribution in [2.75, 3.05) is 0 Å². The first-order chi connectivity index (χ1) is 7.35. The van der Waals surface area contributed by atoms with Crippen LogP contribution in [0.25, 0.3) is 0 Å². The van der Waals surface area contributed by atoms with E-state index in [-0.39, 0.29) is 5.31 Å². The zero-order valence-corrected chi connectivity index (χ0v) is 10.8. The normalized spacial score (nSPS) is 11.4. The van der Waals surface area contributed by atoms with Crippen LogP contribution in [0.5, 0.6) is 0 Å². The molecule has 0 saturated heterocycles. The second kappa shape index (κ2) is 5.26. The predicted octanol–water partition coefficient (Wildman–Crippen LogP) is 0.690. The molecule has 2 N–H and O–H groups in total. The highest BCUT2D eigenvalue weighted by Gasteiger charge is 2.23. The summed E-state index contributed by atoms with van der Waals surface area (Å²) in [6.07, 6.45) is 1.04. The summed E-state index contributed by atoms with van der Waals surface area (Å²) in [6.45, 7) is 6.45. The van der Waals surface area contributed by atoms with Crippen molar-refractivity contribution in [1.82, 2.24) is 0 Å². The summed E-state index contributed by atoms with van der Waals surface area (Å²) in [5, 5.41) is 19.3. The Morgan fingerprint density at radius 1 is 1.38 bits per heavy atom. The van der Waals surface area contributed by atoms with Crippen molar-refractivity contribution in [2.24, 2.45) is 0 Å². The summed E-state index contributed by atoms with van der Waals surface area (Å²) in [5.41, 5.74) is 1.46. The molecule has 0 aliphatic carbocycles. The molecular weight excluding hydrogens is 221 g/mol. The lowest BCUT2D eigenvalue weighted by atomic mass is 9.46. The van der Waals surface area contributed by atoms with Gasteiger partial charge in [0.1, 0.15) is 0 Å². The van der Waals surface area contributed by atoms with Crippen molar-refractivity contribution < 1.29 is 10.0 Å². The minimum Gasteiger partial charge on any atom is -0.423 e. The average molecular weight is 238 g/mol. The Balaban J connectivity index is 3.04. The Morgan fingerprint density at radius 2 is 2.00 bits per heavy atom. The van der Waals surface area contributed by atoms with Gasteiger partial charge in [-0.1, -0.05) is 55.6 Å². The van der Waals surface area contributed by atoms with Crippen LogP contribution in [0.2, 0.25) is 10.3 Å². The quantitative estimate of drug-likeness (QED) is 0.758. The highest BCUT2D eigenvalue weighted by atomic mass is 35.5. The number of rotatable bonds is 4. The standard InChI is InChI=1S/C11H17B2ClO2/c1-4-11(2,3)12-9-6-5-8(14)7-10(9)13(15)16/h5-7,12,15-16H,4H2,1-3H3. The second-order valence-corrected chi connectivity index (χ2v) is 5.35. The fourth-order valence-electron chi connectivity index (χ4n) is 1.61. The molecule has 5 heteroatoms. The van der Waals surface area contributed by atoms with Crippen LogP contribution >= 0.6 is 11.6 Å². The maximum absolute atomic E-state index is 9.30. The van der Waals surface area contributed by atoms with Gasteiger partial charge in [-0.2, -0.15) is 0 Å². The SMILES string of the molecule is CCC(C)(C)Bc1ccc(Cl)cc1B(O)O. The minimum atomic E-state index is -1.46. The van der Waals surface area contributed by atoms with E-state index in [0.717, 1.165) is 19.2 Å². The molecule has 0 aromatic heterocycles. The van der Waals surface area contributed by atoms with Crippen LogP contribution in [0.1, 0.15) is 27.2 Å². The molecule has 0 aliphatic heterocycles. The average Bonchev–Trinajstić information content (AvgIpc) is 2.20. The topological polar surface area (TPSA) is 40.5 Å². The van der Waals surface area contributed by atoms with E-state index in [2.05, 4.69) is 20.8 Å². The number of hydrogen-bond acceptors (Lipinski definition) is 2. The van der Waals surface area contributed by atoms with Crippen molar-refractivity contribution >= 4 is 36.9 Å². The van der Waals surface area contributed by atoms with Gasteiger partial charge in [-0.3, -0.25) is 0 Å². The van der Waals surface area contributed by atoms with Gasteiger partial charge in [-0.15, -0.1) is 0 Å². The van der Waals surface area contributed by atoms with Gasteiger partial charge in [0.25, 0.3) is 0 Å². The third-order valence-electron chi connectivity index (χ3n) is 3.01. The molecule has 1 aromatic rings. The minimum absolute atomic E-state index is 0.150. The van der Waals surface area contributed by atoms with Gasteiger partial charge in [0.2, 0.25) is 0 Å². The van der Waals surface area contributed by atoms with Gasteiger partial charge < -0.3 is 10.0 Å². The predicted molar refractivity (Wildman–Crippen MR) is 72.4 cm³/mol. The lowest BCUT2D eigenvalue weighted by molar-refractivity contribution is 0.426. The zero-order chi connectivity index (χ0) is 12.3. The third kappa shape index (κ3) is 3.55. The van der Waals surface area contributed by atoms with Gasteiger partial charge >= 0.3 is 7.12 Å². The molecule has 0 fully saturated rings. The van der Waals surface area contributed by atoms with Gasteiger partial charge in [-0.05, 0) is 17.6 Å². The van der Waals surface area contributed by atoms with Crippen LogP contribution in [0.4, 0.5) is 0 Å². The van der Waals surface area contributed by atoms with Gasteiger partial charge in [0.15, 0.2) is 7.28 Å². The Labute approximate surface area is 103 Å². The van der Waals surface area contributed by atoms with Crippen LogP contribution in [-0.4, -0.2) is 24.4 Å². The highest BCUT2D eigenvalue weighted by Crippen LogP contribution is 2.26. The molecule has 0 saturated carbocycles. The lowest BCUT2D eigenvalue weighted by Crippen LogP contribution is -2.46. The molecule has 1 aromatic carbocycles. The van der Waals surface area contributed by atoms with Crippen LogP contribution in [0.15, 0.2) is 18.2 Å². The monoisotopic (exact) mass is 238 g/mol. The van der Waals surface area contributed by atoms with Crippen LogP contribution in [-0.2, 0) is 0 Å². The Bertz CT molecular complexity index is 367. The zero-order valence-electron chi connectivity index (χ0n) is 10.00. The van der Waals surface area contributed by atoms with Crippen LogP contribution in [0.3, 0.4) is 0 Å². The third-order valence-corrected chi connectivity index (χ3v) is 3.25. The summed E-state index contributed by atoms with van der Waals surface area (Å²) in [4.78, 5) is 0. The molecule has 86 valence electrons. The van der Waals surface area contributed by atoms with Crippen molar-refractivity contribution in [3.63, 3.8) is 0 Å². The fraction of sp³-hybridized carbons (Fsp3) is 0.455. The summed E-state index contributed by atoms with van der Waals surface area (Å²) < 4.78 is 0. The summed E-state index contributed by atoms with van der Waals surface area (Å²) in [5.74, 6) is 0. The van der Waals surface area contributed by atoms with E-state index in [9.17, 15) is 10.0 Å². The first-order valence-corrected chi connectivity index (χ1v) is 5.88. The molecule has 16 heavy (non-hydrogen) atoms.